The molecule has 98 valence electrons. The van der Waals surface area contributed by atoms with Crippen molar-refractivity contribution in [2.45, 2.75) is 26.2 Å². The number of carbonyl (C=O) groups is 1. The summed E-state index contributed by atoms with van der Waals surface area (Å²) in [5.41, 5.74) is -1.57. The first kappa shape index (κ1) is 14.1. The molecule has 0 saturated heterocycles. The third-order valence-electron chi connectivity index (χ3n) is 2.38. The van der Waals surface area contributed by atoms with Crippen LogP contribution >= 0.6 is 0 Å². The summed E-state index contributed by atoms with van der Waals surface area (Å²) in [6, 6.07) is 0. The molecule has 1 aromatic rings. The fourth-order valence-electron chi connectivity index (χ4n) is 1.17. The Morgan fingerprint density at radius 3 is 2.72 bits per heavy atom. The Bertz CT molecular complexity index is 496. The number of rotatable bonds is 4. The van der Waals surface area contributed by atoms with Gasteiger partial charge >= 0.3 is 5.97 Å². The number of nitrogens with zero attached hydrogens (tertiary/aromatic N) is 2. The van der Waals surface area contributed by atoms with Crippen molar-refractivity contribution in [3.8, 4) is 5.75 Å². The first-order chi connectivity index (χ1) is 8.29. The number of pyridine rings is 1. The fraction of sp³-hybridized carbons (Fsp3) is 0.364. The van der Waals surface area contributed by atoms with E-state index in [1.54, 1.807) is 6.92 Å². The molecule has 0 aliphatic heterocycles. The number of aromatic nitrogens is 1. The van der Waals surface area contributed by atoms with Crippen LogP contribution in [0.5, 0.6) is 5.75 Å². The monoisotopic (exact) mass is 254 g/mol. The number of aromatic hydroxyl groups is 1. The number of carboxylic acids is 1. The molecule has 7 nitrogen and oxygen atoms in total. The van der Waals surface area contributed by atoms with E-state index in [1.807, 2.05) is 0 Å². The number of aliphatic imine (C=N–C) groups is 1. The standard InChI is InChI=1S/C11H14N2O5/c1-6-9(15)8(7(5-14)3-12-6)4-13-11(2,18)10(16)17/h3-4,14-15,18H,5H2,1-2H3,(H,16,17). The van der Waals surface area contributed by atoms with Gasteiger partial charge in [-0.25, -0.2) is 9.79 Å². The second kappa shape index (κ2) is 5.11. The smallest absolute Gasteiger partial charge is 0.358 e. The van der Waals surface area contributed by atoms with Gasteiger partial charge in [0.1, 0.15) is 5.75 Å². The Balaban J connectivity index is 3.22. The maximum Gasteiger partial charge on any atom is 0.358 e. The molecular weight excluding hydrogens is 240 g/mol. The summed E-state index contributed by atoms with van der Waals surface area (Å²) < 4.78 is 0. The van der Waals surface area contributed by atoms with E-state index in [2.05, 4.69) is 9.98 Å². The number of aliphatic hydroxyl groups is 2. The van der Waals surface area contributed by atoms with Crippen LogP contribution in [0.15, 0.2) is 11.2 Å². The number of carboxylic acid groups (broad SMARTS) is 1. The van der Waals surface area contributed by atoms with E-state index in [-0.39, 0.29) is 16.9 Å². The van der Waals surface area contributed by atoms with Crippen LogP contribution in [0.1, 0.15) is 23.7 Å². The zero-order valence-electron chi connectivity index (χ0n) is 9.95. The van der Waals surface area contributed by atoms with E-state index >= 15 is 0 Å². The average molecular weight is 254 g/mol. The fourth-order valence-corrected chi connectivity index (χ4v) is 1.17. The highest BCUT2D eigenvalue weighted by Gasteiger charge is 2.28. The van der Waals surface area contributed by atoms with Crippen LogP contribution in [-0.2, 0) is 11.4 Å². The van der Waals surface area contributed by atoms with E-state index in [0.29, 0.717) is 5.69 Å². The van der Waals surface area contributed by atoms with Gasteiger partial charge in [-0.1, -0.05) is 0 Å². The third kappa shape index (κ3) is 2.82. The Kier molecular flexibility index (Phi) is 4.00. The molecule has 4 N–H and O–H groups in total. The van der Waals surface area contributed by atoms with Gasteiger partial charge in [-0.2, -0.15) is 0 Å². The van der Waals surface area contributed by atoms with Gasteiger partial charge in [-0.15, -0.1) is 0 Å². The molecule has 0 spiro atoms. The predicted octanol–water partition coefficient (Wildman–Crippen LogP) is -0.200. The molecule has 18 heavy (non-hydrogen) atoms. The zero-order valence-corrected chi connectivity index (χ0v) is 9.95. The average Bonchev–Trinajstić information content (AvgIpc) is 2.30. The van der Waals surface area contributed by atoms with Crippen molar-refractivity contribution in [3.05, 3.63) is 23.0 Å². The third-order valence-corrected chi connectivity index (χ3v) is 2.38. The zero-order chi connectivity index (χ0) is 13.9. The van der Waals surface area contributed by atoms with Crippen molar-refractivity contribution in [3.63, 3.8) is 0 Å². The summed E-state index contributed by atoms with van der Waals surface area (Å²) in [4.78, 5) is 18.0. The van der Waals surface area contributed by atoms with Crippen molar-refractivity contribution < 1.29 is 25.2 Å². The Labute approximate surface area is 103 Å². The quantitative estimate of drug-likeness (QED) is 0.552. The van der Waals surface area contributed by atoms with Gasteiger partial charge in [0.2, 0.25) is 0 Å². The molecule has 0 saturated carbocycles. The molecule has 7 heteroatoms. The highest BCUT2D eigenvalue weighted by atomic mass is 16.4. The minimum atomic E-state index is -2.30. The molecule has 1 heterocycles. The van der Waals surface area contributed by atoms with E-state index in [1.165, 1.54) is 6.20 Å². The van der Waals surface area contributed by atoms with E-state index < -0.39 is 18.3 Å². The summed E-state index contributed by atoms with van der Waals surface area (Å²) in [5, 5.41) is 36.9. The van der Waals surface area contributed by atoms with Gasteiger partial charge < -0.3 is 20.4 Å². The van der Waals surface area contributed by atoms with Gasteiger partial charge in [-0.3, -0.25) is 4.98 Å². The number of aryl methyl sites for hydroxylation is 1. The first-order valence-electron chi connectivity index (χ1n) is 5.09. The maximum absolute atomic E-state index is 10.7. The molecule has 0 radical (unpaired) electrons. The van der Waals surface area contributed by atoms with Gasteiger partial charge in [0.15, 0.2) is 0 Å². The van der Waals surface area contributed by atoms with E-state index in [0.717, 1.165) is 13.1 Å². The number of hydrogen-bond acceptors (Lipinski definition) is 6. The minimum absolute atomic E-state index is 0.131. The first-order valence-corrected chi connectivity index (χ1v) is 5.09. The summed E-state index contributed by atoms with van der Waals surface area (Å²) >= 11 is 0. The molecule has 0 amide bonds. The molecule has 1 rings (SSSR count). The van der Waals surface area contributed by atoms with Gasteiger partial charge in [-0.05, 0) is 13.8 Å². The summed E-state index contributed by atoms with van der Waals surface area (Å²) in [6.07, 6.45) is 2.34. The molecular formula is C11H14N2O5. The summed E-state index contributed by atoms with van der Waals surface area (Å²) in [7, 11) is 0. The number of aliphatic hydroxyl groups excluding tert-OH is 1. The van der Waals surface area contributed by atoms with Gasteiger partial charge in [0, 0.05) is 23.5 Å². The summed E-state index contributed by atoms with van der Waals surface area (Å²) in [5.74, 6) is -1.74. The summed E-state index contributed by atoms with van der Waals surface area (Å²) in [6.45, 7) is 2.15. The normalized spacial score (nSPS) is 14.7. The van der Waals surface area contributed by atoms with Crippen LogP contribution in [0.2, 0.25) is 0 Å². The second-order valence-corrected chi connectivity index (χ2v) is 3.87. The molecule has 0 aromatic carbocycles. The lowest BCUT2D eigenvalue weighted by Gasteiger charge is -2.12. The lowest BCUT2D eigenvalue weighted by Crippen LogP contribution is -2.32. The highest BCUT2D eigenvalue weighted by Crippen LogP contribution is 2.22. The highest BCUT2D eigenvalue weighted by molar-refractivity contribution is 5.88. The molecule has 0 bridgehead atoms. The van der Waals surface area contributed by atoms with Crippen LogP contribution in [-0.4, -0.2) is 43.3 Å². The molecule has 0 aliphatic carbocycles. The largest absolute Gasteiger partial charge is 0.505 e. The Morgan fingerprint density at radius 1 is 1.61 bits per heavy atom. The van der Waals surface area contributed by atoms with Crippen LogP contribution in [0, 0.1) is 6.92 Å². The lowest BCUT2D eigenvalue weighted by atomic mass is 10.1. The molecule has 1 atom stereocenters. The van der Waals surface area contributed by atoms with Crippen molar-refractivity contribution in [2.24, 2.45) is 4.99 Å². The van der Waals surface area contributed by atoms with E-state index in [9.17, 15) is 15.0 Å². The van der Waals surface area contributed by atoms with Gasteiger partial charge in [0.05, 0.1) is 12.3 Å². The van der Waals surface area contributed by atoms with Crippen molar-refractivity contribution in [1.29, 1.82) is 0 Å². The lowest BCUT2D eigenvalue weighted by molar-refractivity contribution is -0.155. The molecule has 0 aliphatic rings. The maximum atomic E-state index is 10.7. The predicted molar refractivity (Wildman–Crippen MR) is 62.4 cm³/mol. The number of aliphatic carboxylic acids is 1. The molecule has 1 aromatic heterocycles. The van der Waals surface area contributed by atoms with Gasteiger partial charge in [0.25, 0.3) is 5.72 Å². The second-order valence-electron chi connectivity index (χ2n) is 3.87. The Hall–Kier alpha value is -1.99. The molecule has 1 unspecified atom stereocenters. The van der Waals surface area contributed by atoms with Crippen LogP contribution < -0.4 is 0 Å². The minimum Gasteiger partial charge on any atom is -0.505 e. The van der Waals surface area contributed by atoms with Crippen molar-refractivity contribution in [2.75, 3.05) is 0 Å². The molecule has 0 fully saturated rings. The van der Waals surface area contributed by atoms with Crippen LogP contribution in [0.25, 0.3) is 0 Å². The number of hydrogen-bond donors (Lipinski definition) is 4. The van der Waals surface area contributed by atoms with E-state index in [4.69, 9.17) is 10.2 Å². The topological polar surface area (TPSA) is 123 Å². The van der Waals surface area contributed by atoms with Crippen LogP contribution in [0.3, 0.4) is 0 Å². The SMILES string of the molecule is Cc1ncc(CO)c(C=NC(C)(O)C(=O)O)c1O. The Morgan fingerprint density at radius 2 is 2.22 bits per heavy atom. The van der Waals surface area contributed by atoms with Crippen molar-refractivity contribution in [1.82, 2.24) is 4.98 Å². The van der Waals surface area contributed by atoms with Crippen LogP contribution in [0.4, 0.5) is 0 Å². The van der Waals surface area contributed by atoms with Crippen molar-refractivity contribution >= 4 is 12.2 Å².